The minimum Gasteiger partial charge on any atom is -0.472 e. The standard InChI is InChI=1S/C46H41N3O/c1-6-48(32-20-16-30(3)17-21-32)34-24-26-40-38(28-34)39-29-35(49(7-2)33-22-18-31(4)19-23-33)25-27-41(39)46(40)44-36-12-8-10-14-42(36)47(5)45(44)37-13-9-11-15-43(37)50-46/h8-29H,6-7H2,1-5H3. The molecule has 0 saturated carbocycles. The maximum absolute atomic E-state index is 7.49. The monoisotopic (exact) mass is 651 g/mol. The van der Waals surface area contributed by atoms with E-state index in [0.717, 1.165) is 24.4 Å². The molecule has 0 saturated heterocycles. The summed E-state index contributed by atoms with van der Waals surface area (Å²) in [6.45, 7) is 10.4. The van der Waals surface area contributed by atoms with E-state index >= 15 is 0 Å². The van der Waals surface area contributed by atoms with E-state index in [1.165, 1.54) is 78.3 Å². The number of nitrogens with zero attached hydrogens (tertiary/aromatic N) is 3. The Bertz CT molecular complexity index is 2320. The number of hydrogen-bond donors (Lipinski definition) is 0. The number of benzene rings is 6. The predicted octanol–water partition coefficient (Wildman–Crippen LogP) is 11.4. The minimum atomic E-state index is -0.825. The molecule has 246 valence electrons. The number of ether oxygens (including phenoxy) is 1. The molecule has 0 unspecified atom stereocenters. The van der Waals surface area contributed by atoms with Crippen LogP contribution in [0.1, 0.15) is 41.7 Å². The van der Waals surface area contributed by atoms with Crippen molar-refractivity contribution in [1.29, 1.82) is 0 Å². The number of anilines is 4. The van der Waals surface area contributed by atoms with Crippen molar-refractivity contribution >= 4 is 33.7 Å². The van der Waals surface area contributed by atoms with Gasteiger partial charge < -0.3 is 19.1 Å². The first kappa shape index (κ1) is 30.3. The molecule has 50 heavy (non-hydrogen) atoms. The van der Waals surface area contributed by atoms with Gasteiger partial charge in [-0.1, -0.05) is 77.9 Å². The minimum absolute atomic E-state index is 0.825. The average Bonchev–Trinajstić information content (AvgIpc) is 3.60. The summed E-state index contributed by atoms with van der Waals surface area (Å²) in [5.41, 5.74) is 16.0. The fourth-order valence-electron chi connectivity index (χ4n) is 8.49. The van der Waals surface area contributed by atoms with Gasteiger partial charge in [0.15, 0.2) is 5.60 Å². The van der Waals surface area contributed by atoms with Crippen molar-refractivity contribution < 1.29 is 4.74 Å². The summed E-state index contributed by atoms with van der Waals surface area (Å²) in [4.78, 5) is 4.80. The summed E-state index contributed by atoms with van der Waals surface area (Å²) >= 11 is 0. The Morgan fingerprint density at radius 3 is 1.62 bits per heavy atom. The molecule has 2 heterocycles. The van der Waals surface area contributed by atoms with Gasteiger partial charge in [-0.05, 0) is 106 Å². The third-order valence-corrected chi connectivity index (χ3v) is 10.9. The highest BCUT2D eigenvalue weighted by molar-refractivity contribution is 6.00. The number of para-hydroxylation sites is 2. The highest BCUT2D eigenvalue weighted by Crippen LogP contribution is 2.61. The van der Waals surface area contributed by atoms with Gasteiger partial charge in [-0.3, -0.25) is 0 Å². The zero-order valence-corrected chi connectivity index (χ0v) is 29.4. The highest BCUT2D eigenvalue weighted by Gasteiger charge is 2.53. The van der Waals surface area contributed by atoms with Gasteiger partial charge in [0, 0.05) is 76.0 Å². The molecule has 0 fully saturated rings. The molecule has 0 atom stereocenters. The molecule has 0 bridgehead atoms. The largest absolute Gasteiger partial charge is 0.472 e. The Labute approximate surface area is 294 Å². The average molecular weight is 652 g/mol. The molecule has 7 aromatic rings. The molecule has 0 N–H and O–H groups in total. The molecular formula is C46H41N3O. The first-order chi connectivity index (χ1) is 24.4. The van der Waals surface area contributed by atoms with Crippen LogP contribution in [-0.2, 0) is 12.6 Å². The van der Waals surface area contributed by atoms with Crippen molar-refractivity contribution in [2.45, 2.75) is 33.3 Å². The quantitative estimate of drug-likeness (QED) is 0.178. The lowest BCUT2D eigenvalue weighted by molar-refractivity contribution is 0.158. The smallest absolute Gasteiger partial charge is 0.188 e. The van der Waals surface area contributed by atoms with Gasteiger partial charge in [0.1, 0.15) is 5.75 Å². The summed E-state index contributed by atoms with van der Waals surface area (Å²) in [6.07, 6.45) is 0. The van der Waals surface area contributed by atoms with E-state index < -0.39 is 5.60 Å². The third-order valence-electron chi connectivity index (χ3n) is 10.9. The van der Waals surface area contributed by atoms with E-state index in [2.05, 4.69) is 183 Å². The number of aromatic nitrogens is 1. The Kier molecular flexibility index (Phi) is 6.93. The molecule has 9 rings (SSSR count). The van der Waals surface area contributed by atoms with Crippen LogP contribution >= 0.6 is 0 Å². The van der Waals surface area contributed by atoms with Gasteiger partial charge in [-0.25, -0.2) is 0 Å². The molecule has 0 radical (unpaired) electrons. The van der Waals surface area contributed by atoms with Gasteiger partial charge in [0.25, 0.3) is 0 Å². The van der Waals surface area contributed by atoms with Gasteiger partial charge >= 0.3 is 0 Å². The molecule has 4 heteroatoms. The van der Waals surface area contributed by atoms with Crippen molar-refractivity contribution in [3.63, 3.8) is 0 Å². The van der Waals surface area contributed by atoms with Crippen LogP contribution in [0.3, 0.4) is 0 Å². The molecule has 1 aromatic heterocycles. The van der Waals surface area contributed by atoms with Crippen molar-refractivity contribution in [3.8, 4) is 28.1 Å². The maximum Gasteiger partial charge on any atom is 0.188 e. The van der Waals surface area contributed by atoms with E-state index in [1.54, 1.807) is 0 Å². The van der Waals surface area contributed by atoms with Crippen LogP contribution in [0.4, 0.5) is 22.7 Å². The molecule has 1 aliphatic heterocycles. The highest BCUT2D eigenvalue weighted by atomic mass is 16.5. The summed E-state index contributed by atoms with van der Waals surface area (Å²) in [5, 5.41) is 1.22. The van der Waals surface area contributed by atoms with Crippen LogP contribution in [-0.4, -0.2) is 17.7 Å². The second-order valence-corrected chi connectivity index (χ2v) is 13.7. The van der Waals surface area contributed by atoms with Gasteiger partial charge in [-0.15, -0.1) is 0 Å². The second kappa shape index (κ2) is 11.4. The lowest BCUT2D eigenvalue weighted by Crippen LogP contribution is -2.37. The Balaban J connectivity index is 1.33. The normalized spacial score (nSPS) is 13.4. The third kappa shape index (κ3) is 4.31. The summed E-state index contributed by atoms with van der Waals surface area (Å²) in [5.74, 6) is 0.905. The maximum atomic E-state index is 7.49. The van der Waals surface area contributed by atoms with Gasteiger partial charge in [-0.2, -0.15) is 0 Å². The SMILES string of the molecule is CCN(c1ccc(C)cc1)c1ccc2c(c1)-c1cc(N(CC)c3ccc(C)cc3)ccc1C21Oc2ccccc2-c2c1c1ccccc1n2C. The van der Waals surface area contributed by atoms with Crippen molar-refractivity contribution in [2.75, 3.05) is 22.9 Å². The second-order valence-electron chi connectivity index (χ2n) is 13.7. The van der Waals surface area contributed by atoms with Crippen LogP contribution in [0.15, 0.2) is 133 Å². The van der Waals surface area contributed by atoms with Gasteiger partial charge in [0.2, 0.25) is 0 Å². The number of rotatable bonds is 6. The number of hydrogen-bond acceptors (Lipinski definition) is 3. The van der Waals surface area contributed by atoms with E-state index in [-0.39, 0.29) is 0 Å². The molecule has 1 aliphatic carbocycles. The summed E-state index contributed by atoms with van der Waals surface area (Å²) < 4.78 is 9.85. The van der Waals surface area contributed by atoms with Crippen LogP contribution in [0.2, 0.25) is 0 Å². The van der Waals surface area contributed by atoms with Crippen molar-refractivity contribution in [1.82, 2.24) is 4.57 Å². The predicted molar refractivity (Wildman–Crippen MR) is 208 cm³/mol. The topological polar surface area (TPSA) is 20.6 Å². The number of fused-ring (bicyclic) bond motifs is 11. The molecule has 2 aliphatic rings. The van der Waals surface area contributed by atoms with Crippen LogP contribution in [0.5, 0.6) is 5.75 Å². The lowest BCUT2D eigenvalue weighted by atomic mass is 9.79. The van der Waals surface area contributed by atoms with E-state index in [9.17, 15) is 0 Å². The zero-order chi connectivity index (χ0) is 34.1. The fraction of sp³-hybridized carbons (Fsp3) is 0.174. The molecule has 4 nitrogen and oxygen atoms in total. The van der Waals surface area contributed by atoms with E-state index in [1.807, 2.05) is 0 Å². The summed E-state index contributed by atoms with van der Waals surface area (Å²) in [6, 6.07) is 49.0. The Hall–Kier alpha value is -5.74. The molecular weight excluding hydrogens is 611 g/mol. The van der Waals surface area contributed by atoms with Crippen molar-refractivity contribution in [3.05, 3.63) is 161 Å². The van der Waals surface area contributed by atoms with Crippen LogP contribution in [0.25, 0.3) is 33.3 Å². The molecule has 1 spiro atoms. The first-order valence-corrected chi connectivity index (χ1v) is 17.8. The van der Waals surface area contributed by atoms with Crippen LogP contribution in [0, 0.1) is 13.8 Å². The van der Waals surface area contributed by atoms with E-state index in [0.29, 0.717) is 0 Å². The lowest BCUT2D eigenvalue weighted by Gasteiger charge is -2.38. The van der Waals surface area contributed by atoms with E-state index in [4.69, 9.17) is 4.74 Å². The molecule has 0 amide bonds. The van der Waals surface area contributed by atoms with Crippen LogP contribution < -0.4 is 14.5 Å². The molecule has 6 aromatic carbocycles. The Morgan fingerprint density at radius 2 is 1.06 bits per heavy atom. The van der Waals surface area contributed by atoms with Crippen molar-refractivity contribution in [2.24, 2.45) is 7.05 Å². The van der Waals surface area contributed by atoms with Gasteiger partial charge in [0.05, 0.1) is 5.69 Å². The fourth-order valence-corrected chi connectivity index (χ4v) is 8.49. The zero-order valence-electron chi connectivity index (χ0n) is 29.4. The number of aryl methyl sites for hydroxylation is 3. The Morgan fingerprint density at radius 1 is 0.560 bits per heavy atom. The summed E-state index contributed by atoms with van der Waals surface area (Å²) in [7, 11) is 2.20. The first-order valence-electron chi connectivity index (χ1n) is 17.8.